The van der Waals surface area contributed by atoms with Gasteiger partial charge in [0.2, 0.25) is 0 Å². The zero-order chi connectivity index (χ0) is 12.5. The van der Waals surface area contributed by atoms with E-state index in [0.29, 0.717) is 11.4 Å². The smallest absolute Gasteiger partial charge is 0.266 e. The van der Waals surface area contributed by atoms with Crippen molar-refractivity contribution in [3.05, 3.63) is 36.4 Å². The van der Waals surface area contributed by atoms with Crippen molar-refractivity contribution in [2.45, 2.75) is 12.5 Å². The molecule has 4 heteroatoms. The van der Waals surface area contributed by atoms with E-state index in [-0.39, 0.29) is 12.3 Å². The number of anilines is 1. The zero-order valence-corrected chi connectivity index (χ0v) is 9.51. The SMILES string of the molecule is N#CCC1Oc2c(ccc3ccccc23)NC1=O. The molecule has 18 heavy (non-hydrogen) atoms. The highest BCUT2D eigenvalue weighted by molar-refractivity contribution is 6.03. The fourth-order valence-electron chi connectivity index (χ4n) is 2.09. The van der Waals surface area contributed by atoms with E-state index in [0.717, 1.165) is 10.8 Å². The largest absolute Gasteiger partial charge is 0.477 e. The van der Waals surface area contributed by atoms with Gasteiger partial charge < -0.3 is 10.1 Å². The van der Waals surface area contributed by atoms with Crippen molar-refractivity contribution in [1.82, 2.24) is 0 Å². The van der Waals surface area contributed by atoms with Gasteiger partial charge in [-0.3, -0.25) is 4.79 Å². The minimum Gasteiger partial charge on any atom is -0.477 e. The number of carbonyl (C=O) groups excluding carboxylic acids is 1. The molecule has 2 aromatic carbocycles. The molecule has 1 aliphatic heterocycles. The maximum atomic E-state index is 11.7. The van der Waals surface area contributed by atoms with Crippen LogP contribution < -0.4 is 10.1 Å². The van der Waals surface area contributed by atoms with Gasteiger partial charge in [-0.2, -0.15) is 5.26 Å². The van der Waals surface area contributed by atoms with Gasteiger partial charge in [0.25, 0.3) is 5.91 Å². The molecule has 88 valence electrons. The molecule has 1 amide bonds. The van der Waals surface area contributed by atoms with Crippen molar-refractivity contribution in [1.29, 1.82) is 5.26 Å². The average molecular weight is 238 g/mol. The van der Waals surface area contributed by atoms with Crippen LogP contribution in [0.1, 0.15) is 6.42 Å². The number of nitrogens with zero attached hydrogens (tertiary/aromatic N) is 1. The molecule has 0 aliphatic carbocycles. The summed E-state index contributed by atoms with van der Waals surface area (Å²) in [5.41, 5.74) is 0.660. The number of nitriles is 1. The number of amides is 1. The summed E-state index contributed by atoms with van der Waals surface area (Å²) in [5.74, 6) is 0.382. The van der Waals surface area contributed by atoms with Crippen LogP contribution in [-0.2, 0) is 4.79 Å². The Morgan fingerprint density at radius 3 is 2.94 bits per heavy atom. The highest BCUT2D eigenvalue weighted by atomic mass is 16.5. The van der Waals surface area contributed by atoms with Gasteiger partial charge in [0.1, 0.15) is 0 Å². The number of nitrogens with one attached hydrogen (secondary N) is 1. The number of ether oxygens (including phenoxy) is 1. The summed E-state index contributed by atoms with van der Waals surface area (Å²) in [6, 6.07) is 13.5. The minimum atomic E-state index is -0.728. The number of hydrogen-bond donors (Lipinski definition) is 1. The van der Waals surface area contributed by atoms with E-state index in [1.165, 1.54) is 0 Å². The van der Waals surface area contributed by atoms with E-state index in [1.54, 1.807) is 0 Å². The topological polar surface area (TPSA) is 62.1 Å². The summed E-state index contributed by atoms with van der Waals surface area (Å²) < 4.78 is 5.66. The molecule has 1 atom stereocenters. The Labute approximate surface area is 104 Å². The molecule has 0 saturated carbocycles. The summed E-state index contributed by atoms with van der Waals surface area (Å²) in [6.45, 7) is 0. The summed E-state index contributed by atoms with van der Waals surface area (Å²) in [4.78, 5) is 11.7. The molecular weight excluding hydrogens is 228 g/mol. The molecule has 1 unspecified atom stereocenters. The van der Waals surface area contributed by atoms with Crippen LogP contribution in [0.4, 0.5) is 5.69 Å². The van der Waals surface area contributed by atoms with Gasteiger partial charge >= 0.3 is 0 Å². The van der Waals surface area contributed by atoms with Crippen LogP contribution in [0.5, 0.6) is 5.75 Å². The Hall–Kier alpha value is -2.54. The lowest BCUT2D eigenvalue weighted by molar-refractivity contribution is -0.123. The van der Waals surface area contributed by atoms with Crippen LogP contribution in [0.25, 0.3) is 10.8 Å². The second kappa shape index (κ2) is 4.04. The van der Waals surface area contributed by atoms with Crippen LogP contribution >= 0.6 is 0 Å². The van der Waals surface area contributed by atoms with Crippen molar-refractivity contribution in [2.24, 2.45) is 0 Å². The quantitative estimate of drug-likeness (QED) is 0.830. The predicted octanol–water partition coefficient (Wildman–Crippen LogP) is 2.45. The summed E-state index contributed by atoms with van der Waals surface area (Å²) in [7, 11) is 0. The second-order valence-corrected chi connectivity index (χ2v) is 4.12. The van der Waals surface area contributed by atoms with E-state index in [4.69, 9.17) is 10.00 Å². The Morgan fingerprint density at radius 1 is 1.28 bits per heavy atom. The third-order valence-corrected chi connectivity index (χ3v) is 2.97. The van der Waals surface area contributed by atoms with Gasteiger partial charge in [0.05, 0.1) is 18.2 Å². The normalized spacial score (nSPS) is 17.5. The molecule has 2 aromatic rings. The van der Waals surface area contributed by atoms with Gasteiger partial charge in [0, 0.05) is 5.39 Å². The molecule has 0 radical (unpaired) electrons. The lowest BCUT2D eigenvalue weighted by atomic mass is 10.1. The highest BCUT2D eigenvalue weighted by Crippen LogP contribution is 2.37. The van der Waals surface area contributed by atoms with Crippen LogP contribution in [0.2, 0.25) is 0 Å². The molecule has 1 heterocycles. The van der Waals surface area contributed by atoms with Crippen LogP contribution in [0.3, 0.4) is 0 Å². The molecule has 0 aromatic heterocycles. The highest BCUT2D eigenvalue weighted by Gasteiger charge is 2.28. The first-order chi connectivity index (χ1) is 8.79. The van der Waals surface area contributed by atoms with Gasteiger partial charge in [-0.05, 0) is 11.5 Å². The predicted molar refractivity (Wildman–Crippen MR) is 67.2 cm³/mol. The second-order valence-electron chi connectivity index (χ2n) is 4.12. The molecule has 0 spiro atoms. The van der Waals surface area contributed by atoms with Crippen LogP contribution in [0, 0.1) is 11.3 Å². The average Bonchev–Trinajstić information content (AvgIpc) is 2.40. The molecular formula is C14H10N2O2. The van der Waals surface area contributed by atoms with Crippen LogP contribution in [-0.4, -0.2) is 12.0 Å². The zero-order valence-electron chi connectivity index (χ0n) is 9.51. The lowest BCUT2D eigenvalue weighted by Gasteiger charge is -2.25. The van der Waals surface area contributed by atoms with E-state index in [2.05, 4.69) is 5.32 Å². The standard InChI is InChI=1S/C14H10N2O2/c15-8-7-12-14(17)16-11-6-5-9-3-1-2-4-10(9)13(11)18-12/h1-6,12H,7H2,(H,16,17). The molecule has 0 bridgehead atoms. The van der Waals surface area contributed by atoms with Gasteiger partial charge in [-0.25, -0.2) is 0 Å². The maximum absolute atomic E-state index is 11.7. The molecule has 3 rings (SSSR count). The summed E-state index contributed by atoms with van der Waals surface area (Å²) in [6.07, 6.45) is -0.678. The molecule has 1 N–H and O–H groups in total. The Bertz CT molecular complexity index is 673. The van der Waals surface area contributed by atoms with Crippen LogP contribution in [0.15, 0.2) is 36.4 Å². The number of benzene rings is 2. The first kappa shape index (κ1) is 10.6. The number of rotatable bonds is 1. The Balaban J connectivity index is 2.14. The molecule has 0 fully saturated rings. The summed E-state index contributed by atoms with van der Waals surface area (Å²) >= 11 is 0. The fourth-order valence-corrected chi connectivity index (χ4v) is 2.09. The summed E-state index contributed by atoms with van der Waals surface area (Å²) in [5, 5.41) is 13.4. The van der Waals surface area contributed by atoms with Crippen molar-refractivity contribution in [3.63, 3.8) is 0 Å². The molecule has 1 aliphatic rings. The van der Waals surface area contributed by atoms with E-state index < -0.39 is 6.10 Å². The lowest BCUT2D eigenvalue weighted by Crippen LogP contribution is -2.36. The van der Waals surface area contributed by atoms with Gasteiger partial charge in [-0.15, -0.1) is 0 Å². The third-order valence-electron chi connectivity index (χ3n) is 2.97. The number of hydrogen-bond acceptors (Lipinski definition) is 3. The first-order valence-corrected chi connectivity index (χ1v) is 5.66. The first-order valence-electron chi connectivity index (χ1n) is 5.66. The number of fused-ring (bicyclic) bond motifs is 3. The van der Waals surface area contributed by atoms with E-state index in [9.17, 15) is 4.79 Å². The Kier molecular flexibility index (Phi) is 2.38. The van der Waals surface area contributed by atoms with Crippen molar-refractivity contribution in [2.75, 3.05) is 5.32 Å². The van der Waals surface area contributed by atoms with E-state index >= 15 is 0 Å². The Morgan fingerprint density at radius 2 is 2.11 bits per heavy atom. The third kappa shape index (κ3) is 1.57. The fraction of sp³-hybridized carbons (Fsp3) is 0.143. The number of carbonyl (C=O) groups is 1. The van der Waals surface area contributed by atoms with Gasteiger partial charge in [-0.1, -0.05) is 30.3 Å². The monoisotopic (exact) mass is 238 g/mol. The van der Waals surface area contributed by atoms with Gasteiger partial charge in [0.15, 0.2) is 11.9 Å². The minimum absolute atomic E-state index is 0.0501. The van der Waals surface area contributed by atoms with Crippen molar-refractivity contribution < 1.29 is 9.53 Å². The molecule has 0 saturated heterocycles. The van der Waals surface area contributed by atoms with Crippen molar-refractivity contribution >= 4 is 22.4 Å². The van der Waals surface area contributed by atoms with Crippen molar-refractivity contribution in [3.8, 4) is 11.8 Å². The maximum Gasteiger partial charge on any atom is 0.266 e. The molecule has 4 nitrogen and oxygen atoms in total. The van der Waals surface area contributed by atoms with E-state index in [1.807, 2.05) is 42.5 Å².